The molecule has 0 fully saturated rings. The minimum atomic E-state index is 0.0729. The van der Waals surface area contributed by atoms with Crippen LogP contribution in [0, 0.1) is 0 Å². The van der Waals surface area contributed by atoms with Crippen molar-refractivity contribution in [2.24, 2.45) is 0 Å². The van der Waals surface area contributed by atoms with Crippen molar-refractivity contribution in [3.05, 3.63) is 181 Å². The van der Waals surface area contributed by atoms with Crippen LogP contribution in [0.25, 0.3) is 87.6 Å². The zero-order valence-corrected chi connectivity index (χ0v) is 32.2. The topological polar surface area (TPSA) is 0 Å². The number of fused-ring (bicyclic) bond motifs is 5. The molecule has 0 saturated heterocycles. The molecule has 0 aromatic heterocycles. The summed E-state index contributed by atoms with van der Waals surface area (Å²) in [6.07, 6.45) is 0. The first-order valence-corrected chi connectivity index (χ1v) is 19.2. The van der Waals surface area contributed by atoms with Crippen LogP contribution in [0.2, 0.25) is 0 Å². The van der Waals surface area contributed by atoms with Gasteiger partial charge in [-0.15, -0.1) is 0 Å². The fraction of sp³-hybridized carbons (Fsp3) is 0.148. The van der Waals surface area contributed by atoms with Gasteiger partial charge in [0, 0.05) is 0 Å². The smallest absolute Gasteiger partial charge is 0.00203 e. The minimum Gasteiger partial charge on any atom is -0.0616 e. The van der Waals surface area contributed by atoms with Crippen LogP contribution in [0.3, 0.4) is 0 Å². The molecule has 0 N–H and O–H groups in total. The summed E-state index contributed by atoms with van der Waals surface area (Å²) in [5.74, 6) is 0. The molecule has 54 heavy (non-hydrogen) atoms. The predicted octanol–water partition coefficient (Wildman–Crippen LogP) is 15.6. The van der Waals surface area contributed by atoms with E-state index in [0.29, 0.717) is 0 Å². The van der Waals surface area contributed by atoms with E-state index in [-0.39, 0.29) is 10.8 Å². The summed E-state index contributed by atoms with van der Waals surface area (Å²) in [6, 6.07) is 63.9. The molecule has 0 aliphatic carbocycles. The van der Waals surface area contributed by atoms with Crippen LogP contribution in [-0.4, -0.2) is 0 Å². The van der Waals surface area contributed by atoms with Crippen molar-refractivity contribution in [1.82, 2.24) is 0 Å². The maximum Gasteiger partial charge on any atom is -0.00203 e. The molecule has 262 valence electrons. The van der Waals surface area contributed by atoms with Gasteiger partial charge in [0.05, 0.1) is 0 Å². The van der Waals surface area contributed by atoms with Crippen LogP contribution in [0.15, 0.2) is 170 Å². The van der Waals surface area contributed by atoms with Crippen molar-refractivity contribution in [3.8, 4) is 44.5 Å². The normalized spacial score (nSPS) is 12.3. The van der Waals surface area contributed by atoms with Crippen LogP contribution in [-0.2, 0) is 10.8 Å². The lowest BCUT2D eigenvalue weighted by molar-refractivity contribution is 0.590. The molecule has 0 spiro atoms. The van der Waals surface area contributed by atoms with Crippen molar-refractivity contribution in [2.45, 2.75) is 52.4 Å². The maximum absolute atomic E-state index is 2.44. The quantitative estimate of drug-likeness (QED) is 0.161. The maximum atomic E-state index is 2.44. The van der Waals surface area contributed by atoms with E-state index in [2.05, 4.69) is 211 Å². The molecule has 9 aromatic rings. The second-order valence-electron chi connectivity index (χ2n) is 17.0. The largest absolute Gasteiger partial charge is 0.0616 e. The third-order valence-electron chi connectivity index (χ3n) is 11.4. The highest BCUT2D eigenvalue weighted by Gasteiger charge is 2.21. The third kappa shape index (κ3) is 6.06. The first-order valence-electron chi connectivity index (χ1n) is 19.2. The minimum absolute atomic E-state index is 0.0729. The van der Waals surface area contributed by atoms with E-state index in [1.165, 1.54) is 98.7 Å². The van der Waals surface area contributed by atoms with Crippen LogP contribution < -0.4 is 0 Å². The summed E-state index contributed by atoms with van der Waals surface area (Å²) in [5.41, 5.74) is 12.8. The Balaban J connectivity index is 1.36. The molecule has 0 bridgehead atoms. The van der Waals surface area contributed by atoms with Crippen molar-refractivity contribution in [3.63, 3.8) is 0 Å². The van der Waals surface area contributed by atoms with Gasteiger partial charge >= 0.3 is 0 Å². The van der Waals surface area contributed by atoms with Crippen molar-refractivity contribution < 1.29 is 0 Å². The Bertz CT molecular complexity index is 2650. The Kier molecular flexibility index (Phi) is 8.05. The standard InChI is InChI=1S/C54H46/c1-53(2,3)45-25-19-37(20-26-45)51-47-29-23-43(41-17-15-35-11-7-9-13-39(35)31-41)33-49(47)50-34-44(42-18-16-36-12-8-10-14-40(36)32-42)24-30-48(50)52(51)38-21-27-46(28-22-38)54(4,5)6/h7-34H,1-6H3. The first kappa shape index (κ1) is 33.8. The van der Waals surface area contributed by atoms with Gasteiger partial charge in [0.25, 0.3) is 0 Å². The van der Waals surface area contributed by atoms with Gasteiger partial charge in [-0.2, -0.15) is 0 Å². The lowest BCUT2D eigenvalue weighted by Crippen LogP contribution is -2.10. The van der Waals surface area contributed by atoms with Crippen LogP contribution >= 0.6 is 0 Å². The van der Waals surface area contributed by atoms with Gasteiger partial charge in [0.2, 0.25) is 0 Å². The molecule has 0 unspecified atom stereocenters. The van der Waals surface area contributed by atoms with Gasteiger partial charge in [-0.1, -0.05) is 187 Å². The number of hydrogen-bond donors (Lipinski definition) is 0. The molecule has 0 radical (unpaired) electrons. The zero-order chi connectivity index (χ0) is 37.2. The van der Waals surface area contributed by atoms with Crippen LogP contribution in [0.1, 0.15) is 52.7 Å². The van der Waals surface area contributed by atoms with Crippen LogP contribution in [0.5, 0.6) is 0 Å². The molecule has 0 nitrogen and oxygen atoms in total. The molecule has 0 amide bonds. The molecule has 9 rings (SSSR count). The Morgan fingerprint density at radius 2 is 0.574 bits per heavy atom. The fourth-order valence-corrected chi connectivity index (χ4v) is 8.21. The summed E-state index contributed by atoms with van der Waals surface area (Å²) < 4.78 is 0. The van der Waals surface area contributed by atoms with E-state index in [0.717, 1.165) is 0 Å². The monoisotopic (exact) mass is 694 g/mol. The Labute approximate surface area is 319 Å². The van der Waals surface area contributed by atoms with Gasteiger partial charge < -0.3 is 0 Å². The van der Waals surface area contributed by atoms with Gasteiger partial charge in [0.1, 0.15) is 0 Å². The second-order valence-corrected chi connectivity index (χ2v) is 17.0. The molecular weight excluding hydrogens is 649 g/mol. The van der Waals surface area contributed by atoms with Crippen LogP contribution in [0.4, 0.5) is 0 Å². The summed E-state index contributed by atoms with van der Waals surface area (Å²) in [7, 11) is 0. The highest BCUT2D eigenvalue weighted by Crippen LogP contribution is 2.47. The molecule has 0 heteroatoms. The molecule has 0 aliphatic rings. The van der Waals surface area contributed by atoms with E-state index >= 15 is 0 Å². The molecular formula is C54H46. The van der Waals surface area contributed by atoms with Gasteiger partial charge in [0.15, 0.2) is 0 Å². The predicted molar refractivity (Wildman–Crippen MR) is 236 cm³/mol. The van der Waals surface area contributed by atoms with Gasteiger partial charge in [-0.3, -0.25) is 0 Å². The Hall–Kier alpha value is -5.98. The average molecular weight is 695 g/mol. The van der Waals surface area contributed by atoms with E-state index in [4.69, 9.17) is 0 Å². The molecule has 0 saturated carbocycles. The number of benzene rings is 9. The third-order valence-corrected chi connectivity index (χ3v) is 11.4. The summed E-state index contributed by atoms with van der Waals surface area (Å²) >= 11 is 0. The highest BCUT2D eigenvalue weighted by atomic mass is 14.3. The van der Waals surface area contributed by atoms with E-state index in [1.807, 2.05) is 0 Å². The SMILES string of the molecule is CC(C)(C)c1ccc(-c2c(-c3ccc(C(C)(C)C)cc3)c3ccc(-c4ccc5ccccc5c4)cc3c3cc(-c4ccc5ccccc5c4)ccc23)cc1. The zero-order valence-electron chi connectivity index (χ0n) is 32.2. The van der Waals surface area contributed by atoms with Gasteiger partial charge in [-0.05, 0) is 134 Å². The first-order chi connectivity index (χ1) is 26.0. The van der Waals surface area contributed by atoms with Crippen molar-refractivity contribution >= 4 is 43.1 Å². The number of rotatable bonds is 4. The lowest BCUT2D eigenvalue weighted by atomic mass is 9.81. The molecule has 0 aliphatic heterocycles. The second kappa shape index (κ2) is 12.9. The van der Waals surface area contributed by atoms with Gasteiger partial charge in [-0.25, -0.2) is 0 Å². The summed E-state index contributed by atoms with van der Waals surface area (Å²) in [4.78, 5) is 0. The fourth-order valence-electron chi connectivity index (χ4n) is 8.21. The molecule has 0 heterocycles. The van der Waals surface area contributed by atoms with E-state index in [1.54, 1.807) is 0 Å². The van der Waals surface area contributed by atoms with E-state index < -0.39 is 0 Å². The Morgan fingerprint density at radius 1 is 0.259 bits per heavy atom. The lowest BCUT2D eigenvalue weighted by Gasteiger charge is -2.23. The Morgan fingerprint density at radius 3 is 0.944 bits per heavy atom. The van der Waals surface area contributed by atoms with E-state index in [9.17, 15) is 0 Å². The average Bonchev–Trinajstić information content (AvgIpc) is 3.19. The number of hydrogen-bond acceptors (Lipinski definition) is 0. The summed E-state index contributed by atoms with van der Waals surface area (Å²) in [6.45, 7) is 13.7. The summed E-state index contributed by atoms with van der Waals surface area (Å²) in [5, 5.41) is 10.1. The molecule has 0 atom stereocenters. The van der Waals surface area contributed by atoms with Crippen molar-refractivity contribution in [2.75, 3.05) is 0 Å². The highest BCUT2D eigenvalue weighted by molar-refractivity contribution is 6.23. The molecule has 9 aromatic carbocycles. The van der Waals surface area contributed by atoms with Crippen molar-refractivity contribution in [1.29, 1.82) is 0 Å².